The Morgan fingerprint density at radius 3 is 2.46 bits per heavy atom. The second kappa shape index (κ2) is 9.24. The van der Waals surface area contributed by atoms with E-state index >= 15 is 0 Å². The number of halogens is 2. The molecular weight excluding hydrogens is 356 g/mol. The molecule has 7 heteroatoms. The number of thiocarbonyl (C=S) groups is 1. The average molecular weight is 377 g/mol. The van der Waals surface area contributed by atoms with Gasteiger partial charge in [-0.2, -0.15) is 13.9 Å². The normalized spacial score (nSPS) is 11.4. The molecule has 0 bridgehead atoms. The van der Waals surface area contributed by atoms with Gasteiger partial charge in [0.15, 0.2) is 5.11 Å². The van der Waals surface area contributed by atoms with Gasteiger partial charge < -0.3 is 10.1 Å². The predicted octanol–water partition coefficient (Wildman–Crippen LogP) is 5.01. The minimum Gasteiger partial charge on any atom is -0.435 e. The minimum absolute atomic E-state index is 0.110. The van der Waals surface area contributed by atoms with Crippen LogP contribution in [-0.4, -0.2) is 17.4 Å². The average Bonchev–Trinajstić information content (AvgIpc) is 2.60. The van der Waals surface area contributed by atoms with Crippen LogP contribution in [0, 0.1) is 13.8 Å². The lowest BCUT2D eigenvalue weighted by atomic mass is 10.1. The fourth-order valence-electron chi connectivity index (χ4n) is 2.33. The van der Waals surface area contributed by atoms with Gasteiger partial charge in [-0.05, 0) is 79.5 Å². The van der Waals surface area contributed by atoms with Gasteiger partial charge in [0.25, 0.3) is 0 Å². The molecule has 0 aliphatic heterocycles. The standard InChI is InChI=1S/C19H21F2N3OS/c1-4-16(14-8-10-15(11-9-14)25-18(20)21)23-24-19(26)22-17-7-5-6-12(2)13(17)3/h5-11,18H,4H2,1-3H3,(H2,22,24,26). The van der Waals surface area contributed by atoms with Crippen molar-refractivity contribution in [1.82, 2.24) is 5.43 Å². The third-order valence-corrected chi connectivity index (χ3v) is 4.09. The van der Waals surface area contributed by atoms with Crippen molar-refractivity contribution in [3.05, 3.63) is 59.2 Å². The fraction of sp³-hybridized carbons (Fsp3) is 0.263. The summed E-state index contributed by atoms with van der Waals surface area (Å²) in [7, 11) is 0. The zero-order valence-corrected chi connectivity index (χ0v) is 15.7. The van der Waals surface area contributed by atoms with Crippen molar-refractivity contribution in [3.8, 4) is 5.75 Å². The third kappa shape index (κ3) is 5.49. The maximum Gasteiger partial charge on any atom is 0.387 e. The van der Waals surface area contributed by atoms with Crippen molar-refractivity contribution in [1.29, 1.82) is 0 Å². The molecule has 0 spiro atoms. The number of hydrogen-bond acceptors (Lipinski definition) is 3. The van der Waals surface area contributed by atoms with Crippen LogP contribution in [0.5, 0.6) is 5.75 Å². The van der Waals surface area contributed by atoms with E-state index in [4.69, 9.17) is 12.2 Å². The van der Waals surface area contributed by atoms with Crippen LogP contribution in [0.3, 0.4) is 0 Å². The topological polar surface area (TPSA) is 45.7 Å². The molecule has 0 aromatic heterocycles. The molecule has 4 nitrogen and oxygen atoms in total. The summed E-state index contributed by atoms with van der Waals surface area (Å²) in [5.41, 5.74) is 7.59. The number of hydrazone groups is 1. The lowest BCUT2D eigenvalue weighted by Gasteiger charge is -2.12. The van der Waals surface area contributed by atoms with Gasteiger partial charge >= 0.3 is 6.61 Å². The van der Waals surface area contributed by atoms with Crippen molar-refractivity contribution >= 4 is 28.7 Å². The molecule has 0 heterocycles. The quantitative estimate of drug-likeness (QED) is 0.422. The van der Waals surface area contributed by atoms with Crippen LogP contribution in [0.25, 0.3) is 0 Å². The van der Waals surface area contributed by atoms with E-state index in [-0.39, 0.29) is 5.75 Å². The second-order valence-corrected chi connectivity index (χ2v) is 6.04. The van der Waals surface area contributed by atoms with E-state index in [1.165, 1.54) is 17.7 Å². The number of benzene rings is 2. The molecule has 138 valence electrons. The molecule has 0 saturated heterocycles. The van der Waals surface area contributed by atoms with E-state index in [0.29, 0.717) is 11.5 Å². The molecule has 2 N–H and O–H groups in total. The van der Waals surface area contributed by atoms with Crippen molar-refractivity contribution in [3.63, 3.8) is 0 Å². The highest BCUT2D eigenvalue weighted by atomic mass is 32.1. The van der Waals surface area contributed by atoms with Gasteiger partial charge in [-0.1, -0.05) is 19.1 Å². The van der Waals surface area contributed by atoms with Gasteiger partial charge in [-0.25, -0.2) is 0 Å². The number of anilines is 1. The molecule has 2 rings (SSSR count). The van der Waals surface area contributed by atoms with Crippen molar-refractivity contribution in [2.75, 3.05) is 5.32 Å². The van der Waals surface area contributed by atoms with Crippen LogP contribution in [-0.2, 0) is 0 Å². The Balaban J connectivity index is 2.04. The van der Waals surface area contributed by atoms with Gasteiger partial charge in [0, 0.05) is 5.69 Å². The highest BCUT2D eigenvalue weighted by Crippen LogP contribution is 2.18. The molecule has 2 aromatic rings. The van der Waals surface area contributed by atoms with E-state index < -0.39 is 6.61 Å². The Kier molecular flexibility index (Phi) is 7.03. The number of hydrogen-bond donors (Lipinski definition) is 2. The van der Waals surface area contributed by atoms with Gasteiger partial charge in [0.05, 0.1) is 5.71 Å². The minimum atomic E-state index is -2.84. The first kappa shape index (κ1) is 19.8. The maximum atomic E-state index is 12.2. The van der Waals surface area contributed by atoms with Crippen LogP contribution in [0.4, 0.5) is 14.5 Å². The summed E-state index contributed by atoms with van der Waals surface area (Å²) in [6, 6.07) is 12.3. The summed E-state index contributed by atoms with van der Waals surface area (Å²) in [4.78, 5) is 0. The SMILES string of the molecule is CCC(=NNC(=S)Nc1cccc(C)c1C)c1ccc(OC(F)F)cc1. The first-order chi connectivity index (χ1) is 12.4. The zero-order chi connectivity index (χ0) is 19.1. The number of aryl methyl sites for hydroxylation is 1. The highest BCUT2D eigenvalue weighted by molar-refractivity contribution is 7.80. The molecule has 0 fully saturated rings. The number of alkyl halides is 2. The zero-order valence-electron chi connectivity index (χ0n) is 14.8. The van der Waals surface area contributed by atoms with Crippen LogP contribution in [0.2, 0.25) is 0 Å². The molecule has 0 aliphatic rings. The molecule has 0 atom stereocenters. The number of nitrogens with one attached hydrogen (secondary N) is 2. The number of rotatable bonds is 6. The van der Waals surface area contributed by atoms with E-state index in [1.807, 2.05) is 39.0 Å². The van der Waals surface area contributed by atoms with Gasteiger partial charge in [-0.15, -0.1) is 0 Å². The summed E-state index contributed by atoms with van der Waals surface area (Å²) < 4.78 is 28.8. The van der Waals surface area contributed by atoms with E-state index in [1.54, 1.807) is 12.1 Å². The van der Waals surface area contributed by atoms with Gasteiger partial charge in [-0.3, -0.25) is 5.43 Å². The largest absolute Gasteiger partial charge is 0.435 e. The van der Waals surface area contributed by atoms with Gasteiger partial charge in [0.1, 0.15) is 5.75 Å². The first-order valence-corrected chi connectivity index (χ1v) is 8.56. The smallest absolute Gasteiger partial charge is 0.387 e. The molecule has 0 radical (unpaired) electrons. The van der Waals surface area contributed by atoms with Crippen LogP contribution in [0.15, 0.2) is 47.6 Å². The summed E-state index contributed by atoms with van der Waals surface area (Å²) in [6.07, 6.45) is 0.647. The van der Waals surface area contributed by atoms with E-state index in [0.717, 1.165) is 22.5 Å². The number of ether oxygens (including phenoxy) is 1. The Bertz CT molecular complexity index is 792. The molecule has 0 saturated carbocycles. The maximum absolute atomic E-state index is 12.2. The van der Waals surface area contributed by atoms with Crippen molar-refractivity contribution in [2.24, 2.45) is 5.10 Å². The molecular formula is C19H21F2N3OS. The summed E-state index contributed by atoms with van der Waals surface area (Å²) in [5, 5.41) is 7.82. The molecule has 0 unspecified atom stereocenters. The monoisotopic (exact) mass is 377 g/mol. The third-order valence-electron chi connectivity index (χ3n) is 3.89. The Morgan fingerprint density at radius 1 is 1.15 bits per heavy atom. The summed E-state index contributed by atoms with van der Waals surface area (Å²) in [5.74, 6) is 0.110. The fourth-order valence-corrected chi connectivity index (χ4v) is 2.49. The molecule has 0 amide bonds. The molecule has 2 aromatic carbocycles. The van der Waals surface area contributed by atoms with Crippen LogP contribution in [0.1, 0.15) is 30.0 Å². The second-order valence-electron chi connectivity index (χ2n) is 5.63. The number of nitrogens with zero attached hydrogens (tertiary/aromatic N) is 1. The van der Waals surface area contributed by atoms with Crippen molar-refractivity contribution < 1.29 is 13.5 Å². The van der Waals surface area contributed by atoms with E-state index in [2.05, 4.69) is 20.6 Å². The first-order valence-electron chi connectivity index (χ1n) is 8.15. The Morgan fingerprint density at radius 2 is 1.85 bits per heavy atom. The van der Waals surface area contributed by atoms with Crippen LogP contribution < -0.4 is 15.5 Å². The lowest BCUT2D eigenvalue weighted by Crippen LogP contribution is -2.25. The van der Waals surface area contributed by atoms with E-state index in [9.17, 15) is 8.78 Å². The lowest BCUT2D eigenvalue weighted by molar-refractivity contribution is -0.0498. The van der Waals surface area contributed by atoms with Crippen molar-refractivity contribution in [2.45, 2.75) is 33.8 Å². The molecule has 0 aliphatic carbocycles. The van der Waals surface area contributed by atoms with Crippen LogP contribution >= 0.6 is 12.2 Å². The predicted molar refractivity (Wildman–Crippen MR) is 105 cm³/mol. The van der Waals surface area contributed by atoms with Gasteiger partial charge in [0.2, 0.25) is 0 Å². The summed E-state index contributed by atoms with van der Waals surface area (Å²) >= 11 is 5.29. The Hall–Kier alpha value is -2.54. The molecule has 26 heavy (non-hydrogen) atoms. The Labute approximate surface area is 157 Å². The summed E-state index contributed by atoms with van der Waals surface area (Å²) in [6.45, 7) is 3.16. The highest BCUT2D eigenvalue weighted by Gasteiger charge is 2.07.